The van der Waals surface area contributed by atoms with Gasteiger partial charge < -0.3 is 14.2 Å². The molecule has 1 aromatic rings. The van der Waals surface area contributed by atoms with E-state index < -0.39 is 18.7 Å². The molecule has 0 aliphatic heterocycles. The van der Waals surface area contributed by atoms with Crippen molar-refractivity contribution in [2.75, 3.05) is 19.0 Å². The van der Waals surface area contributed by atoms with E-state index in [0.717, 1.165) is 0 Å². The Balaban J connectivity index is 2.91. The Morgan fingerprint density at radius 2 is 2.26 bits per heavy atom. The summed E-state index contributed by atoms with van der Waals surface area (Å²) >= 11 is 3.16. The average molecular weight is 340 g/mol. The minimum atomic E-state index is -2.98. The second-order valence-electron chi connectivity index (χ2n) is 3.27. The van der Waals surface area contributed by atoms with Crippen molar-refractivity contribution in [3.05, 3.63) is 23.9 Å². The summed E-state index contributed by atoms with van der Waals surface area (Å²) in [6.45, 7) is -2.73. The predicted octanol–water partition coefficient (Wildman–Crippen LogP) is 2.31. The molecule has 106 valence electrons. The lowest BCUT2D eigenvalue weighted by Gasteiger charge is -2.15. The fraction of sp³-hybridized carbons (Fsp3) is 0.455. The fourth-order valence-electron chi connectivity index (χ4n) is 1.31. The molecule has 1 heterocycles. The lowest BCUT2D eigenvalue weighted by Crippen LogP contribution is -2.19. The highest BCUT2D eigenvalue weighted by Gasteiger charge is 2.23. The number of ether oxygens (including phenoxy) is 3. The number of alkyl halides is 3. The molecule has 0 aromatic carbocycles. The van der Waals surface area contributed by atoms with Gasteiger partial charge in [0.2, 0.25) is 5.88 Å². The van der Waals surface area contributed by atoms with E-state index in [4.69, 9.17) is 4.74 Å². The van der Waals surface area contributed by atoms with Gasteiger partial charge in [0.25, 0.3) is 0 Å². The van der Waals surface area contributed by atoms with Crippen LogP contribution >= 0.6 is 15.9 Å². The molecule has 0 bridgehead atoms. The van der Waals surface area contributed by atoms with Gasteiger partial charge in [0.15, 0.2) is 6.10 Å². The molecule has 1 rings (SSSR count). The van der Waals surface area contributed by atoms with Crippen LogP contribution in [0.15, 0.2) is 18.3 Å². The largest absolute Gasteiger partial charge is 0.467 e. The zero-order valence-corrected chi connectivity index (χ0v) is 11.6. The molecule has 0 saturated heterocycles. The molecule has 0 N–H and O–H groups in total. The molecule has 0 saturated carbocycles. The van der Waals surface area contributed by atoms with Gasteiger partial charge >= 0.3 is 12.6 Å². The number of carbonyl (C=O) groups is 1. The van der Waals surface area contributed by atoms with E-state index >= 15 is 0 Å². The van der Waals surface area contributed by atoms with Gasteiger partial charge in [0, 0.05) is 17.6 Å². The van der Waals surface area contributed by atoms with Gasteiger partial charge in [-0.15, -0.1) is 0 Å². The van der Waals surface area contributed by atoms with Crippen LogP contribution in [0.1, 0.15) is 11.7 Å². The van der Waals surface area contributed by atoms with E-state index in [1.54, 1.807) is 0 Å². The molecule has 0 fully saturated rings. The molecular formula is C11H12BrF2NO4. The molecule has 0 aliphatic carbocycles. The highest BCUT2D eigenvalue weighted by atomic mass is 79.9. The van der Waals surface area contributed by atoms with Crippen molar-refractivity contribution in [3.63, 3.8) is 0 Å². The number of hydrogen-bond donors (Lipinski definition) is 0. The first-order valence-corrected chi connectivity index (χ1v) is 6.36. The van der Waals surface area contributed by atoms with Crippen LogP contribution in [0.3, 0.4) is 0 Å². The van der Waals surface area contributed by atoms with Crippen LogP contribution in [0.2, 0.25) is 0 Å². The SMILES string of the molecule is COC(=O)C(OCCBr)c1ccnc(OC(F)F)c1. The Hall–Kier alpha value is -1.28. The summed E-state index contributed by atoms with van der Waals surface area (Å²) in [5.41, 5.74) is 0.332. The maximum atomic E-state index is 12.1. The smallest absolute Gasteiger partial charge is 0.388 e. The highest BCUT2D eigenvalue weighted by molar-refractivity contribution is 9.09. The van der Waals surface area contributed by atoms with E-state index in [1.807, 2.05) is 0 Å². The van der Waals surface area contributed by atoms with Crippen molar-refractivity contribution in [1.82, 2.24) is 4.98 Å². The summed E-state index contributed by atoms with van der Waals surface area (Å²) in [6, 6.07) is 2.68. The van der Waals surface area contributed by atoms with E-state index in [1.165, 1.54) is 25.4 Å². The average Bonchev–Trinajstić information content (AvgIpc) is 2.38. The van der Waals surface area contributed by atoms with Crippen molar-refractivity contribution in [3.8, 4) is 5.88 Å². The van der Waals surface area contributed by atoms with Crippen LogP contribution in [0.5, 0.6) is 5.88 Å². The third-order valence-electron chi connectivity index (χ3n) is 2.05. The summed E-state index contributed by atoms with van der Waals surface area (Å²) in [6.07, 6.45) is 0.242. The quantitative estimate of drug-likeness (QED) is 0.563. The van der Waals surface area contributed by atoms with Gasteiger partial charge in [-0.2, -0.15) is 8.78 Å². The fourth-order valence-corrected chi connectivity index (χ4v) is 1.50. The van der Waals surface area contributed by atoms with Gasteiger partial charge in [0.1, 0.15) is 0 Å². The molecular weight excluding hydrogens is 328 g/mol. The molecule has 1 atom stereocenters. The standard InChI is InChI=1S/C11H12BrF2NO4/c1-17-10(16)9(18-5-3-12)7-2-4-15-8(6-7)19-11(13)14/h2,4,6,9,11H,3,5H2,1H3. The third-order valence-corrected chi connectivity index (χ3v) is 2.37. The summed E-state index contributed by atoms with van der Waals surface area (Å²) in [7, 11) is 1.21. The van der Waals surface area contributed by atoms with Gasteiger partial charge in [-0.05, 0) is 11.6 Å². The number of rotatable bonds is 7. The number of methoxy groups -OCH3 is 1. The van der Waals surface area contributed by atoms with Crippen LogP contribution in [-0.4, -0.2) is 36.6 Å². The Labute approximate surface area is 117 Å². The Kier molecular flexibility index (Phi) is 6.65. The molecule has 1 aromatic heterocycles. The van der Waals surface area contributed by atoms with Crippen LogP contribution in [0, 0.1) is 0 Å². The van der Waals surface area contributed by atoms with E-state index in [0.29, 0.717) is 10.9 Å². The third kappa shape index (κ3) is 5.07. The number of halogens is 3. The van der Waals surface area contributed by atoms with Crippen molar-refractivity contribution < 1.29 is 27.8 Å². The minimum absolute atomic E-state index is 0.257. The molecule has 0 spiro atoms. The number of hydrogen-bond acceptors (Lipinski definition) is 5. The summed E-state index contributed by atoms with van der Waals surface area (Å²) in [5, 5.41) is 0.520. The Morgan fingerprint density at radius 3 is 2.84 bits per heavy atom. The lowest BCUT2D eigenvalue weighted by molar-refractivity contribution is -0.154. The Bertz CT molecular complexity index is 419. The van der Waals surface area contributed by atoms with E-state index in [2.05, 4.69) is 30.4 Å². The molecule has 0 amide bonds. The Morgan fingerprint density at radius 1 is 1.53 bits per heavy atom. The molecule has 0 aliphatic rings. The number of esters is 1. The highest BCUT2D eigenvalue weighted by Crippen LogP contribution is 2.22. The molecule has 0 radical (unpaired) electrons. The van der Waals surface area contributed by atoms with Gasteiger partial charge in [-0.1, -0.05) is 15.9 Å². The maximum Gasteiger partial charge on any atom is 0.388 e. The van der Waals surface area contributed by atoms with Crippen molar-refractivity contribution >= 4 is 21.9 Å². The zero-order chi connectivity index (χ0) is 14.3. The second-order valence-corrected chi connectivity index (χ2v) is 4.06. The summed E-state index contributed by atoms with van der Waals surface area (Å²) in [4.78, 5) is 15.2. The summed E-state index contributed by atoms with van der Waals surface area (Å²) in [5.74, 6) is -0.918. The minimum Gasteiger partial charge on any atom is -0.467 e. The topological polar surface area (TPSA) is 57.7 Å². The number of carbonyl (C=O) groups excluding carboxylic acids is 1. The maximum absolute atomic E-state index is 12.1. The number of aromatic nitrogens is 1. The molecule has 8 heteroatoms. The number of pyridine rings is 1. The first-order chi connectivity index (χ1) is 9.08. The normalized spacial score (nSPS) is 12.3. The van der Waals surface area contributed by atoms with Gasteiger partial charge in [-0.25, -0.2) is 9.78 Å². The van der Waals surface area contributed by atoms with Crippen molar-refractivity contribution in [1.29, 1.82) is 0 Å². The molecule has 19 heavy (non-hydrogen) atoms. The van der Waals surface area contributed by atoms with Crippen molar-refractivity contribution in [2.24, 2.45) is 0 Å². The lowest BCUT2D eigenvalue weighted by atomic mass is 10.1. The van der Waals surface area contributed by atoms with Crippen LogP contribution in [0.4, 0.5) is 8.78 Å². The number of nitrogens with zero attached hydrogens (tertiary/aromatic N) is 1. The van der Waals surface area contributed by atoms with Gasteiger partial charge in [-0.3, -0.25) is 0 Å². The predicted molar refractivity (Wildman–Crippen MR) is 65.4 cm³/mol. The monoisotopic (exact) mass is 339 g/mol. The van der Waals surface area contributed by atoms with E-state index in [-0.39, 0.29) is 12.5 Å². The summed E-state index contributed by atoms with van der Waals surface area (Å²) < 4.78 is 38.2. The van der Waals surface area contributed by atoms with Crippen LogP contribution < -0.4 is 4.74 Å². The molecule has 5 nitrogen and oxygen atoms in total. The van der Waals surface area contributed by atoms with Crippen LogP contribution in [0.25, 0.3) is 0 Å². The van der Waals surface area contributed by atoms with Gasteiger partial charge in [0.05, 0.1) is 13.7 Å². The van der Waals surface area contributed by atoms with Crippen molar-refractivity contribution in [2.45, 2.75) is 12.7 Å². The van der Waals surface area contributed by atoms with E-state index in [9.17, 15) is 13.6 Å². The molecule has 1 unspecified atom stereocenters. The first kappa shape index (κ1) is 15.8. The zero-order valence-electron chi connectivity index (χ0n) is 10.0. The second kappa shape index (κ2) is 8.00. The first-order valence-electron chi connectivity index (χ1n) is 5.24. The van der Waals surface area contributed by atoms with Crippen LogP contribution in [-0.2, 0) is 14.3 Å².